The van der Waals surface area contributed by atoms with Gasteiger partial charge in [0.25, 0.3) is 0 Å². The van der Waals surface area contributed by atoms with Crippen LogP contribution in [0.4, 0.5) is 16.2 Å². The van der Waals surface area contributed by atoms with Crippen LogP contribution in [0.25, 0.3) is 0 Å². The Morgan fingerprint density at radius 2 is 1.76 bits per heavy atom. The summed E-state index contributed by atoms with van der Waals surface area (Å²) in [5.74, 6) is -0.724. The zero-order valence-electron chi connectivity index (χ0n) is 19.9. The molecule has 178 valence electrons. The highest BCUT2D eigenvalue weighted by atomic mass is 16.6. The van der Waals surface area contributed by atoms with Crippen LogP contribution >= 0.6 is 0 Å². The number of rotatable bonds is 6. The van der Waals surface area contributed by atoms with Crippen LogP contribution in [0.1, 0.15) is 75.5 Å². The first-order valence-electron chi connectivity index (χ1n) is 11.3. The zero-order valence-corrected chi connectivity index (χ0v) is 19.9. The van der Waals surface area contributed by atoms with Gasteiger partial charge in [-0.2, -0.15) is 14.9 Å². The molecular weight excluding hydrogens is 424 g/mol. The van der Waals surface area contributed by atoms with Crippen LogP contribution in [-0.2, 0) is 14.2 Å². The zero-order chi connectivity index (χ0) is 24.0. The van der Waals surface area contributed by atoms with E-state index in [9.17, 15) is 9.59 Å². The minimum absolute atomic E-state index is 0.0498. The lowest BCUT2D eigenvalue weighted by Crippen LogP contribution is -2.30. The van der Waals surface area contributed by atoms with E-state index in [1.807, 2.05) is 18.2 Å². The highest BCUT2D eigenvalue weighted by molar-refractivity contribution is 5.94. The second-order valence-electron chi connectivity index (χ2n) is 8.94. The van der Waals surface area contributed by atoms with Gasteiger partial charge in [0.1, 0.15) is 11.3 Å². The van der Waals surface area contributed by atoms with Gasteiger partial charge >= 0.3 is 12.1 Å². The van der Waals surface area contributed by atoms with Gasteiger partial charge < -0.3 is 14.2 Å². The van der Waals surface area contributed by atoms with E-state index in [-0.39, 0.29) is 30.0 Å². The number of hydrogen-bond donors (Lipinski definition) is 0. The third-order valence-corrected chi connectivity index (χ3v) is 5.35. The molecule has 0 amide bonds. The maximum atomic E-state index is 13.1. The molecule has 9 nitrogen and oxygen atoms in total. The number of aromatic nitrogens is 2. The second kappa shape index (κ2) is 10.7. The Kier molecular flexibility index (Phi) is 7.97. The van der Waals surface area contributed by atoms with Crippen molar-refractivity contribution >= 4 is 23.4 Å². The van der Waals surface area contributed by atoms with E-state index in [2.05, 4.69) is 15.3 Å². The topological polar surface area (TPSA) is 104 Å². The van der Waals surface area contributed by atoms with Crippen molar-refractivity contribution in [1.82, 2.24) is 9.78 Å². The molecule has 0 atom stereocenters. The van der Waals surface area contributed by atoms with Crippen LogP contribution in [0.5, 0.6) is 0 Å². The Labute approximate surface area is 194 Å². The summed E-state index contributed by atoms with van der Waals surface area (Å²) in [6.07, 6.45) is 2.65. The second-order valence-corrected chi connectivity index (χ2v) is 8.94. The van der Waals surface area contributed by atoms with Crippen LogP contribution in [0, 0.1) is 0 Å². The van der Waals surface area contributed by atoms with Gasteiger partial charge in [0.15, 0.2) is 5.69 Å². The number of benzene rings is 1. The van der Waals surface area contributed by atoms with Gasteiger partial charge in [-0.15, -0.1) is 5.11 Å². The van der Waals surface area contributed by atoms with Gasteiger partial charge in [-0.25, -0.2) is 9.59 Å². The summed E-state index contributed by atoms with van der Waals surface area (Å²) in [5, 5.41) is 13.0. The highest BCUT2D eigenvalue weighted by Crippen LogP contribution is 2.41. The number of ether oxygens (including phenoxy) is 3. The Morgan fingerprint density at radius 3 is 2.33 bits per heavy atom. The van der Waals surface area contributed by atoms with Gasteiger partial charge in [-0.05, 0) is 65.5 Å². The molecule has 0 aliphatic heterocycles. The third-order valence-electron chi connectivity index (χ3n) is 5.35. The van der Waals surface area contributed by atoms with Gasteiger partial charge in [0, 0.05) is 13.0 Å². The number of nitrogens with zero attached hydrogens (tertiary/aromatic N) is 4. The van der Waals surface area contributed by atoms with Crippen molar-refractivity contribution < 1.29 is 23.8 Å². The quantitative estimate of drug-likeness (QED) is 0.394. The number of azo groups is 1. The van der Waals surface area contributed by atoms with Crippen LogP contribution in [0.2, 0.25) is 0 Å². The Balaban J connectivity index is 2.12. The highest BCUT2D eigenvalue weighted by Gasteiger charge is 2.35. The van der Waals surface area contributed by atoms with Crippen molar-refractivity contribution in [2.45, 2.75) is 71.0 Å². The molecule has 1 saturated carbocycles. The van der Waals surface area contributed by atoms with Crippen LogP contribution in [-0.4, -0.2) is 47.3 Å². The van der Waals surface area contributed by atoms with Crippen LogP contribution < -0.4 is 0 Å². The molecule has 9 heteroatoms. The first-order chi connectivity index (χ1) is 15.7. The normalized spacial score (nSPS) is 18.9. The van der Waals surface area contributed by atoms with E-state index in [0.717, 1.165) is 30.4 Å². The van der Waals surface area contributed by atoms with Crippen molar-refractivity contribution in [3.8, 4) is 0 Å². The van der Waals surface area contributed by atoms with E-state index in [0.29, 0.717) is 11.4 Å². The summed E-state index contributed by atoms with van der Waals surface area (Å²) in [7, 11) is 1.70. The summed E-state index contributed by atoms with van der Waals surface area (Å²) >= 11 is 0. The predicted molar refractivity (Wildman–Crippen MR) is 122 cm³/mol. The predicted octanol–water partition coefficient (Wildman–Crippen LogP) is 5.93. The summed E-state index contributed by atoms with van der Waals surface area (Å²) < 4.78 is 17.4. The maximum absolute atomic E-state index is 13.1. The van der Waals surface area contributed by atoms with Gasteiger partial charge in [0.05, 0.1) is 24.1 Å². The molecule has 1 aliphatic carbocycles. The molecule has 1 aliphatic rings. The molecular formula is C24H32N4O5. The summed E-state index contributed by atoms with van der Waals surface area (Å²) in [5.41, 5.74) is 0.590. The molecule has 0 saturated heterocycles. The molecule has 33 heavy (non-hydrogen) atoms. The molecule has 1 aromatic carbocycles. The van der Waals surface area contributed by atoms with E-state index in [1.54, 1.807) is 46.9 Å². The van der Waals surface area contributed by atoms with Gasteiger partial charge in [0.2, 0.25) is 0 Å². The summed E-state index contributed by atoms with van der Waals surface area (Å²) in [6, 6.07) is 9.17. The van der Waals surface area contributed by atoms with E-state index >= 15 is 0 Å². The lowest BCUT2D eigenvalue weighted by atomic mass is 9.84. The van der Waals surface area contributed by atoms with Crippen LogP contribution in [0.3, 0.4) is 0 Å². The van der Waals surface area contributed by atoms with Crippen molar-refractivity contribution in [3.05, 3.63) is 41.7 Å². The lowest BCUT2D eigenvalue weighted by Gasteiger charge is -2.28. The number of carbonyl (C=O) groups is 2. The Bertz CT molecular complexity index is 986. The van der Waals surface area contributed by atoms with Crippen molar-refractivity contribution in [2.75, 3.05) is 13.7 Å². The molecule has 1 fully saturated rings. The monoisotopic (exact) mass is 456 g/mol. The molecule has 1 aromatic heterocycles. The van der Waals surface area contributed by atoms with E-state index in [1.165, 1.54) is 0 Å². The fourth-order valence-electron chi connectivity index (χ4n) is 3.84. The molecule has 0 unspecified atom stereocenters. The maximum Gasteiger partial charge on any atom is 0.435 e. The first-order valence-corrected chi connectivity index (χ1v) is 11.3. The summed E-state index contributed by atoms with van der Waals surface area (Å²) in [4.78, 5) is 25.9. The van der Waals surface area contributed by atoms with E-state index in [4.69, 9.17) is 14.2 Å². The molecule has 1 heterocycles. The lowest BCUT2D eigenvalue weighted by molar-refractivity contribution is 0.0486. The Morgan fingerprint density at radius 1 is 1.09 bits per heavy atom. The minimum atomic E-state index is -0.732. The number of methoxy groups -OCH3 is 1. The molecule has 3 rings (SSSR count). The molecule has 0 N–H and O–H groups in total. The van der Waals surface area contributed by atoms with Gasteiger partial charge in [-0.1, -0.05) is 18.2 Å². The largest absolute Gasteiger partial charge is 0.461 e. The minimum Gasteiger partial charge on any atom is -0.461 e. The smallest absolute Gasteiger partial charge is 0.435 e. The SMILES string of the molecule is CCOC(=O)c1nn(C(=O)OC(C)(C)C)c([C@H]2CC[C@@H](OC)CC2)c1/N=N/c1ccccc1. The van der Waals surface area contributed by atoms with E-state index < -0.39 is 17.7 Å². The third kappa shape index (κ3) is 6.25. The molecule has 2 aromatic rings. The number of hydrogen-bond acceptors (Lipinski definition) is 8. The molecule has 0 spiro atoms. The average molecular weight is 457 g/mol. The average Bonchev–Trinajstić information content (AvgIpc) is 3.17. The van der Waals surface area contributed by atoms with Crippen molar-refractivity contribution in [1.29, 1.82) is 0 Å². The van der Waals surface area contributed by atoms with Crippen LogP contribution in [0.15, 0.2) is 40.6 Å². The Hall–Kier alpha value is -3.07. The van der Waals surface area contributed by atoms with Crippen molar-refractivity contribution in [2.24, 2.45) is 10.2 Å². The van der Waals surface area contributed by atoms with Gasteiger partial charge in [-0.3, -0.25) is 0 Å². The first kappa shape index (κ1) is 24.6. The summed E-state index contributed by atoms with van der Waals surface area (Å²) in [6.45, 7) is 7.21. The fraction of sp³-hybridized carbons (Fsp3) is 0.542. The number of esters is 1. The fourth-order valence-corrected chi connectivity index (χ4v) is 3.84. The standard InChI is InChI=1S/C24H32N4O5/c1-6-32-22(29)20-19(26-25-17-10-8-7-9-11-17)21(16-12-14-18(31-5)15-13-16)28(27-20)23(30)33-24(2,3)4/h7-11,16,18H,6,12-15H2,1-5H3/b26-25+/t16-,18+. The molecule has 0 bridgehead atoms. The number of carbonyl (C=O) groups excluding carboxylic acids is 2. The van der Waals surface area contributed by atoms with Crippen molar-refractivity contribution in [3.63, 3.8) is 0 Å². The molecule has 0 radical (unpaired) electrons.